The topological polar surface area (TPSA) is 22.8 Å². The number of hydrogen-bond acceptors (Lipinski definition) is 1. The average molecular weight is 1470 g/mol. The monoisotopic (exact) mass is 1470 g/mol. The first-order valence-electron chi connectivity index (χ1n) is 41.7. The molecule has 0 bridgehead atoms. The second-order valence-corrected chi connectivity index (χ2v) is 27.7. The Balaban J connectivity index is 0.000000197. The zero-order valence-corrected chi connectivity index (χ0v) is 73.4. The van der Waals surface area contributed by atoms with E-state index in [9.17, 15) is 0 Å². The summed E-state index contributed by atoms with van der Waals surface area (Å²) in [7, 11) is 4.05. The van der Waals surface area contributed by atoms with Gasteiger partial charge in [-0.2, -0.15) is 5.10 Å². The first kappa shape index (κ1) is 89.5. The Morgan fingerprint density at radius 1 is 0.234 bits per heavy atom. The Morgan fingerprint density at radius 2 is 0.568 bits per heavy atom. The van der Waals surface area contributed by atoms with E-state index in [2.05, 4.69) is 330 Å². The smallest absolute Gasteiger partial charge is 0.0708 e. The van der Waals surface area contributed by atoms with Crippen LogP contribution >= 0.6 is 0 Å². The summed E-state index contributed by atoms with van der Waals surface area (Å²) in [5.41, 5.74) is 48.6. The lowest BCUT2D eigenvalue weighted by atomic mass is 9.97. The van der Waals surface area contributed by atoms with Crippen molar-refractivity contribution >= 4 is 21.8 Å². The Kier molecular flexibility index (Phi) is 35.4. The van der Waals surface area contributed by atoms with Crippen molar-refractivity contribution in [3.63, 3.8) is 0 Å². The second kappa shape index (κ2) is 43.9. The van der Waals surface area contributed by atoms with Gasteiger partial charge in [0.15, 0.2) is 0 Å². The van der Waals surface area contributed by atoms with Crippen molar-refractivity contribution in [3.05, 3.63) is 359 Å². The number of aromatic nitrogens is 3. The standard InChI is InChI=1S/5C15H14.C10H11N.C9H10N2.7C2H6/c2*1-10-7-13-9-12-5-3-4-6-14(12)15(13)8-11(10)2;2*1-10-7-8-13-9-12-5-3-4-6-14(12)15(13)11(10)2;1-10-7-8-14-13-6-4-3-5-12(13)9-15(14)11(10)2;1-8-4-3-5-9-6-7-11(2)10(8)9;1-7-4-3-5-8-6-10-11(2)9(7)8;7*1-2/h5*3-8H,9H2,1-2H3;3-7H,1-2H3;3-6H,1-2H3;7*1-2H3. The summed E-state index contributed by atoms with van der Waals surface area (Å²) in [5, 5.41) is 6.71. The van der Waals surface area contributed by atoms with Crippen LogP contribution in [0.4, 0.5) is 0 Å². The molecule has 3 nitrogen and oxygen atoms in total. The number of hydrogen-bond donors (Lipinski definition) is 0. The van der Waals surface area contributed by atoms with Gasteiger partial charge in [0, 0.05) is 25.7 Å². The average Bonchev–Trinajstić information content (AvgIpc) is 1.64. The highest BCUT2D eigenvalue weighted by molar-refractivity contribution is 5.85. The first-order chi connectivity index (χ1) is 53.9. The number of rotatable bonds is 0. The molecule has 2 heterocycles. The van der Waals surface area contributed by atoms with Gasteiger partial charge in [0.1, 0.15) is 0 Å². The van der Waals surface area contributed by atoms with Crippen LogP contribution in [-0.2, 0) is 46.2 Å². The molecule has 0 aliphatic heterocycles. The summed E-state index contributed by atoms with van der Waals surface area (Å²) in [6.45, 7) is 54.3. The van der Waals surface area contributed by atoms with E-state index < -0.39 is 0 Å². The van der Waals surface area contributed by atoms with Crippen LogP contribution in [0.5, 0.6) is 0 Å². The highest BCUT2D eigenvalue weighted by atomic mass is 15.2. The fourth-order valence-corrected chi connectivity index (χ4v) is 15.3. The second-order valence-electron chi connectivity index (χ2n) is 27.7. The maximum absolute atomic E-state index is 4.17. The van der Waals surface area contributed by atoms with Crippen molar-refractivity contribution < 1.29 is 0 Å². The van der Waals surface area contributed by atoms with E-state index in [0.29, 0.717) is 0 Å². The summed E-state index contributed by atoms with van der Waals surface area (Å²) >= 11 is 0. The normalized spacial score (nSPS) is 10.9. The van der Waals surface area contributed by atoms with Gasteiger partial charge >= 0.3 is 0 Å². The van der Waals surface area contributed by atoms with Crippen molar-refractivity contribution in [2.24, 2.45) is 14.1 Å². The molecular weight excluding hydrogens is 1340 g/mol. The molecule has 5 aliphatic carbocycles. The molecule has 580 valence electrons. The summed E-state index contributed by atoms with van der Waals surface area (Å²) in [6.07, 6.45) is 9.51. The summed E-state index contributed by atoms with van der Waals surface area (Å²) in [4.78, 5) is 0. The Labute approximate surface area is 673 Å². The van der Waals surface area contributed by atoms with Gasteiger partial charge in [0.2, 0.25) is 0 Å². The van der Waals surface area contributed by atoms with E-state index in [-0.39, 0.29) is 0 Å². The van der Waals surface area contributed by atoms with E-state index in [4.69, 9.17) is 0 Å². The Bertz CT molecular complexity index is 5020. The van der Waals surface area contributed by atoms with E-state index in [1.165, 1.54) is 200 Å². The van der Waals surface area contributed by atoms with Gasteiger partial charge in [-0.25, -0.2) is 0 Å². The molecule has 12 aromatic carbocycles. The van der Waals surface area contributed by atoms with Crippen LogP contribution in [0, 0.1) is 83.1 Å². The van der Waals surface area contributed by atoms with Gasteiger partial charge < -0.3 is 4.57 Å². The molecule has 3 heteroatoms. The molecule has 19 rings (SSSR count). The number of para-hydroxylation sites is 2. The van der Waals surface area contributed by atoms with Crippen LogP contribution in [0.25, 0.3) is 77.4 Å². The van der Waals surface area contributed by atoms with Crippen molar-refractivity contribution in [2.45, 2.75) is 212 Å². The van der Waals surface area contributed by atoms with Crippen LogP contribution < -0.4 is 0 Å². The summed E-state index contributed by atoms with van der Waals surface area (Å²) < 4.78 is 4.06. The molecule has 0 atom stereocenters. The number of fused-ring (bicyclic) bond motifs is 17. The predicted molar refractivity (Wildman–Crippen MR) is 493 cm³/mol. The van der Waals surface area contributed by atoms with Crippen LogP contribution in [-0.4, -0.2) is 14.3 Å². The molecule has 0 spiro atoms. The van der Waals surface area contributed by atoms with Crippen LogP contribution in [0.15, 0.2) is 237 Å². The zero-order chi connectivity index (χ0) is 81.8. The molecule has 14 aromatic rings. The first-order valence-corrected chi connectivity index (χ1v) is 41.7. The molecule has 111 heavy (non-hydrogen) atoms. The Morgan fingerprint density at radius 3 is 0.982 bits per heavy atom. The third kappa shape index (κ3) is 20.8. The highest BCUT2D eigenvalue weighted by Crippen LogP contribution is 2.43. The minimum absolute atomic E-state index is 1.10. The minimum atomic E-state index is 1.10. The third-order valence-corrected chi connectivity index (χ3v) is 21.4. The van der Waals surface area contributed by atoms with E-state index in [0.717, 1.165) is 32.1 Å². The summed E-state index contributed by atoms with van der Waals surface area (Å²) in [5.74, 6) is 0. The SMILES string of the molecule is CC.CC.CC.CC.CC.CC.CC.Cc1cc2c(cc1C)-c1ccccc1C2.Cc1cc2c(cc1C)-c1ccccc1C2.Cc1ccc2c(c1C)-c1ccccc1C2.Cc1ccc2c(c1C)-c1ccccc1C2.Cc1ccc2c(c1C)Cc1ccccc1-2.Cc1cccc2ccn(C)c12.Cc1cccc2cnn(C)c12. The molecule has 0 saturated carbocycles. The molecule has 0 amide bonds. The van der Waals surface area contributed by atoms with Crippen molar-refractivity contribution in [3.8, 4) is 55.6 Å². The van der Waals surface area contributed by atoms with Gasteiger partial charge in [-0.3, -0.25) is 4.68 Å². The van der Waals surface area contributed by atoms with Crippen LogP contribution in [0.2, 0.25) is 0 Å². The maximum atomic E-state index is 4.17. The molecule has 5 aliphatic rings. The Hall–Kier alpha value is -10.4. The van der Waals surface area contributed by atoms with E-state index >= 15 is 0 Å². The van der Waals surface area contributed by atoms with Crippen LogP contribution in [0.1, 0.15) is 219 Å². The number of benzene rings is 12. The number of aryl methyl sites for hydroxylation is 11. The lowest BCUT2D eigenvalue weighted by molar-refractivity contribution is 0.794. The lowest BCUT2D eigenvalue weighted by Crippen LogP contribution is -1.90. The maximum Gasteiger partial charge on any atom is 0.0708 e. The highest BCUT2D eigenvalue weighted by Gasteiger charge is 2.24. The predicted octanol–water partition coefficient (Wildman–Crippen LogP) is 30.9. The molecule has 2 aromatic heterocycles. The van der Waals surface area contributed by atoms with Crippen LogP contribution in [0.3, 0.4) is 0 Å². The summed E-state index contributed by atoms with van der Waals surface area (Å²) in [6, 6.07) is 81.3. The third-order valence-electron chi connectivity index (χ3n) is 21.4. The largest absolute Gasteiger partial charge is 0.350 e. The quantitative estimate of drug-likeness (QED) is 0.148. The van der Waals surface area contributed by atoms with E-state index in [1.54, 1.807) is 0 Å². The van der Waals surface area contributed by atoms with Gasteiger partial charge in [0.25, 0.3) is 0 Å². The van der Waals surface area contributed by atoms with Crippen molar-refractivity contribution in [2.75, 3.05) is 0 Å². The van der Waals surface area contributed by atoms with E-state index in [1.807, 2.05) is 115 Å². The van der Waals surface area contributed by atoms with Gasteiger partial charge in [-0.05, 0) is 305 Å². The minimum Gasteiger partial charge on any atom is -0.350 e. The van der Waals surface area contributed by atoms with Gasteiger partial charge in [-0.15, -0.1) is 0 Å². The fourth-order valence-electron chi connectivity index (χ4n) is 15.3. The fraction of sp³-hybridized carbons (Fsp3) is 0.306. The molecule has 0 fully saturated rings. The lowest BCUT2D eigenvalue weighted by Gasteiger charge is -2.08. The van der Waals surface area contributed by atoms with Crippen molar-refractivity contribution in [1.82, 2.24) is 14.3 Å². The molecule has 0 N–H and O–H groups in total. The number of nitrogens with zero attached hydrogens (tertiary/aromatic N) is 3. The molecular formula is C108H133N3. The van der Waals surface area contributed by atoms with Gasteiger partial charge in [-0.1, -0.05) is 315 Å². The van der Waals surface area contributed by atoms with Gasteiger partial charge in [0.05, 0.1) is 17.2 Å². The van der Waals surface area contributed by atoms with Crippen molar-refractivity contribution in [1.29, 1.82) is 0 Å². The molecule has 0 saturated heterocycles. The zero-order valence-electron chi connectivity index (χ0n) is 73.4. The molecule has 0 radical (unpaired) electrons. The molecule has 0 unspecified atom stereocenters.